The Morgan fingerprint density at radius 3 is 2.07 bits per heavy atom. The lowest BCUT2D eigenvalue weighted by molar-refractivity contribution is 0.104. The third kappa shape index (κ3) is 2.54. The second kappa shape index (κ2) is 6.50. The summed E-state index contributed by atoms with van der Waals surface area (Å²) in [5, 5.41) is 3.58. The van der Waals surface area contributed by atoms with E-state index in [-0.39, 0.29) is 5.78 Å². The minimum absolute atomic E-state index is 0.0866. The van der Waals surface area contributed by atoms with Gasteiger partial charge in [-0.1, -0.05) is 84.9 Å². The van der Waals surface area contributed by atoms with Crippen LogP contribution in [0, 0.1) is 6.92 Å². The summed E-state index contributed by atoms with van der Waals surface area (Å²) in [6.45, 7) is 2.09. The van der Waals surface area contributed by atoms with Crippen molar-refractivity contribution in [3.8, 4) is 22.3 Å². The van der Waals surface area contributed by atoms with E-state index in [0.29, 0.717) is 0 Å². The molecule has 0 aromatic heterocycles. The van der Waals surface area contributed by atoms with Gasteiger partial charge in [0, 0.05) is 16.8 Å². The van der Waals surface area contributed by atoms with Gasteiger partial charge in [-0.25, -0.2) is 0 Å². The van der Waals surface area contributed by atoms with E-state index in [1.807, 2.05) is 60.7 Å². The Labute approximate surface area is 164 Å². The van der Waals surface area contributed by atoms with E-state index in [1.165, 1.54) is 0 Å². The number of aryl methyl sites for hydroxylation is 1. The van der Waals surface area contributed by atoms with Gasteiger partial charge in [-0.15, -0.1) is 0 Å². The number of carbonyl (C=O) groups excluding carboxylic acids is 1. The first-order chi connectivity index (χ1) is 13.7. The summed E-state index contributed by atoms with van der Waals surface area (Å²) in [5.41, 5.74) is 8.85. The Morgan fingerprint density at radius 2 is 1.25 bits per heavy atom. The Kier molecular flexibility index (Phi) is 3.84. The predicted molar refractivity (Wildman–Crippen MR) is 115 cm³/mol. The van der Waals surface area contributed by atoms with Gasteiger partial charge in [0.05, 0.1) is 11.3 Å². The highest BCUT2D eigenvalue weighted by molar-refractivity contribution is 6.24. The molecule has 0 radical (unpaired) electrons. The SMILES string of the molecule is Cc1cccc(-c2ccccc2)c1Nc1cccc2c1C(=O)c1ccccc1-2. The van der Waals surface area contributed by atoms with Gasteiger partial charge in [0.2, 0.25) is 0 Å². The van der Waals surface area contributed by atoms with Crippen molar-refractivity contribution >= 4 is 17.2 Å². The van der Waals surface area contributed by atoms with Crippen LogP contribution in [0.3, 0.4) is 0 Å². The lowest BCUT2D eigenvalue weighted by Crippen LogP contribution is -2.03. The molecule has 4 aromatic rings. The number of ketones is 1. The molecule has 0 spiro atoms. The molecule has 0 bridgehead atoms. The molecule has 0 saturated heterocycles. The molecule has 2 nitrogen and oxygen atoms in total. The zero-order chi connectivity index (χ0) is 19.1. The predicted octanol–water partition coefficient (Wildman–Crippen LogP) is 6.62. The van der Waals surface area contributed by atoms with E-state index in [2.05, 4.69) is 42.6 Å². The molecule has 2 heteroatoms. The molecule has 28 heavy (non-hydrogen) atoms. The maximum Gasteiger partial charge on any atom is 0.196 e. The molecule has 1 N–H and O–H groups in total. The molecule has 0 saturated carbocycles. The van der Waals surface area contributed by atoms with Crippen molar-refractivity contribution < 1.29 is 4.79 Å². The largest absolute Gasteiger partial charge is 0.354 e. The Hall–Kier alpha value is -3.65. The van der Waals surface area contributed by atoms with E-state index >= 15 is 0 Å². The summed E-state index contributed by atoms with van der Waals surface area (Å²) >= 11 is 0. The van der Waals surface area contributed by atoms with Crippen molar-refractivity contribution in [1.29, 1.82) is 0 Å². The Balaban J connectivity index is 1.65. The quantitative estimate of drug-likeness (QED) is 0.391. The first kappa shape index (κ1) is 16.5. The summed E-state index contributed by atoms with van der Waals surface area (Å²) in [5.74, 6) is 0.0866. The number of fused-ring (bicyclic) bond motifs is 3. The van der Waals surface area contributed by atoms with Crippen molar-refractivity contribution in [3.63, 3.8) is 0 Å². The Bertz CT molecular complexity index is 1210. The van der Waals surface area contributed by atoms with Crippen LogP contribution in [-0.2, 0) is 0 Å². The molecule has 0 atom stereocenters. The van der Waals surface area contributed by atoms with Gasteiger partial charge in [-0.3, -0.25) is 4.79 Å². The minimum Gasteiger partial charge on any atom is -0.354 e. The molecule has 134 valence electrons. The molecule has 1 aliphatic carbocycles. The summed E-state index contributed by atoms with van der Waals surface area (Å²) in [6, 6.07) is 30.5. The smallest absolute Gasteiger partial charge is 0.196 e. The van der Waals surface area contributed by atoms with Gasteiger partial charge in [-0.05, 0) is 35.2 Å². The van der Waals surface area contributed by atoms with E-state index in [4.69, 9.17) is 0 Å². The fraction of sp³-hybridized carbons (Fsp3) is 0.0385. The fourth-order valence-electron chi connectivity index (χ4n) is 4.00. The van der Waals surface area contributed by atoms with Gasteiger partial charge in [0.25, 0.3) is 0 Å². The fourth-order valence-corrected chi connectivity index (χ4v) is 4.00. The molecular weight excluding hydrogens is 342 g/mol. The van der Waals surface area contributed by atoms with Crippen LogP contribution in [0.1, 0.15) is 21.5 Å². The lowest BCUT2D eigenvalue weighted by atomic mass is 9.99. The highest BCUT2D eigenvalue weighted by atomic mass is 16.1. The van der Waals surface area contributed by atoms with Crippen molar-refractivity contribution in [3.05, 3.63) is 108 Å². The van der Waals surface area contributed by atoms with Gasteiger partial charge in [0.1, 0.15) is 0 Å². The summed E-state index contributed by atoms with van der Waals surface area (Å²) in [4.78, 5) is 13.1. The van der Waals surface area contributed by atoms with Crippen LogP contribution in [0.2, 0.25) is 0 Å². The maximum absolute atomic E-state index is 13.1. The van der Waals surface area contributed by atoms with E-state index in [1.54, 1.807) is 0 Å². The number of anilines is 2. The van der Waals surface area contributed by atoms with Gasteiger partial charge in [0.15, 0.2) is 5.78 Å². The first-order valence-electron chi connectivity index (χ1n) is 9.43. The van der Waals surface area contributed by atoms with Crippen LogP contribution in [0.4, 0.5) is 11.4 Å². The molecule has 0 amide bonds. The highest BCUT2D eigenvalue weighted by Crippen LogP contribution is 2.42. The van der Waals surface area contributed by atoms with Gasteiger partial charge in [-0.2, -0.15) is 0 Å². The number of rotatable bonds is 3. The lowest BCUT2D eigenvalue weighted by Gasteiger charge is -2.17. The number of para-hydroxylation sites is 1. The van der Waals surface area contributed by atoms with Gasteiger partial charge < -0.3 is 5.32 Å². The standard InChI is InChI=1S/C26H19NO/c1-17-9-7-14-19(18-10-3-2-4-11-18)25(17)27-23-16-8-15-21-20-12-5-6-13-22(20)26(28)24(21)23/h2-16,27H,1H3. The maximum atomic E-state index is 13.1. The topological polar surface area (TPSA) is 29.1 Å². The third-order valence-corrected chi connectivity index (χ3v) is 5.37. The zero-order valence-electron chi connectivity index (χ0n) is 15.6. The summed E-state index contributed by atoms with van der Waals surface area (Å²) in [6.07, 6.45) is 0. The number of hydrogen-bond donors (Lipinski definition) is 1. The van der Waals surface area contributed by atoms with Crippen LogP contribution in [-0.4, -0.2) is 5.78 Å². The average Bonchev–Trinajstić information content (AvgIpc) is 3.04. The molecular formula is C26H19NO. The molecule has 5 rings (SSSR count). The molecule has 1 aliphatic rings. The van der Waals surface area contributed by atoms with E-state index in [9.17, 15) is 4.79 Å². The zero-order valence-corrected chi connectivity index (χ0v) is 15.6. The van der Waals surface area contributed by atoms with E-state index in [0.717, 1.165) is 50.3 Å². The van der Waals surface area contributed by atoms with E-state index < -0.39 is 0 Å². The van der Waals surface area contributed by atoms with Crippen molar-refractivity contribution in [2.75, 3.05) is 5.32 Å². The molecule has 0 unspecified atom stereocenters. The summed E-state index contributed by atoms with van der Waals surface area (Å²) < 4.78 is 0. The molecule has 0 aliphatic heterocycles. The highest BCUT2D eigenvalue weighted by Gasteiger charge is 2.29. The van der Waals surface area contributed by atoms with Crippen LogP contribution < -0.4 is 5.32 Å². The number of nitrogens with one attached hydrogen (secondary N) is 1. The minimum atomic E-state index is 0.0866. The summed E-state index contributed by atoms with van der Waals surface area (Å²) in [7, 11) is 0. The monoisotopic (exact) mass is 361 g/mol. The van der Waals surface area contributed by atoms with Crippen LogP contribution >= 0.6 is 0 Å². The molecule has 0 heterocycles. The number of benzene rings is 4. The van der Waals surface area contributed by atoms with Crippen LogP contribution in [0.5, 0.6) is 0 Å². The van der Waals surface area contributed by atoms with Crippen molar-refractivity contribution in [2.45, 2.75) is 6.92 Å². The van der Waals surface area contributed by atoms with Crippen LogP contribution in [0.25, 0.3) is 22.3 Å². The van der Waals surface area contributed by atoms with Gasteiger partial charge >= 0.3 is 0 Å². The number of carbonyl (C=O) groups is 1. The first-order valence-corrected chi connectivity index (χ1v) is 9.43. The average molecular weight is 361 g/mol. The molecule has 4 aromatic carbocycles. The second-order valence-corrected chi connectivity index (χ2v) is 7.09. The second-order valence-electron chi connectivity index (χ2n) is 7.09. The van der Waals surface area contributed by atoms with Crippen LogP contribution in [0.15, 0.2) is 91.0 Å². The van der Waals surface area contributed by atoms with Crippen molar-refractivity contribution in [1.82, 2.24) is 0 Å². The number of hydrogen-bond acceptors (Lipinski definition) is 2. The Morgan fingerprint density at radius 1 is 0.607 bits per heavy atom. The molecule has 0 fully saturated rings. The normalized spacial score (nSPS) is 11.8. The van der Waals surface area contributed by atoms with Crippen molar-refractivity contribution in [2.24, 2.45) is 0 Å². The third-order valence-electron chi connectivity index (χ3n) is 5.37.